The van der Waals surface area contributed by atoms with E-state index in [0.29, 0.717) is 13.0 Å². The molecule has 5 nitrogen and oxygen atoms in total. The zero-order valence-electron chi connectivity index (χ0n) is 7.82. The van der Waals surface area contributed by atoms with Crippen LogP contribution >= 0.6 is 30.6 Å². The van der Waals surface area contributed by atoms with E-state index < -0.39 is 7.60 Å². The van der Waals surface area contributed by atoms with Gasteiger partial charge in [-0.25, -0.2) is 0 Å². The summed E-state index contributed by atoms with van der Waals surface area (Å²) in [6.07, 6.45) is 1.36. The molecule has 3 unspecified atom stereocenters. The average molecular weight is 344 g/mol. The van der Waals surface area contributed by atoms with Crippen LogP contribution in [-0.2, 0) is 12.4 Å². The van der Waals surface area contributed by atoms with Gasteiger partial charge in [-0.15, -0.1) is 0 Å². The fourth-order valence-corrected chi connectivity index (χ4v) is 2.26. The Balaban J connectivity index is 2.52. The lowest BCUT2D eigenvalue weighted by Gasteiger charge is -2.31. The van der Waals surface area contributed by atoms with Crippen molar-refractivity contribution in [3.05, 3.63) is 11.9 Å². The highest BCUT2D eigenvalue weighted by Gasteiger charge is 2.27. The van der Waals surface area contributed by atoms with E-state index in [1.54, 1.807) is 23.0 Å². The first kappa shape index (κ1) is 13.7. The number of rotatable bonds is 3. The first-order chi connectivity index (χ1) is 6.92. The van der Waals surface area contributed by atoms with Crippen molar-refractivity contribution in [1.29, 1.82) is 0 Å². The summed E-state index contributed by atoms with van der Waals surface area (Å²) < 4.78 is 21.0. The fraction of sp³-hybridized carbons (Fsp3) is 0.714. The molecule has 2 radical (unpaired) electrons. The molecule has 0 saturated carbocycles. The molecule has 2 N–H and O–H groups in total. The van der Waals surface area contributed by atoms with Gasteiger partial charge in [0.2, 0.25) is 0 Å². The van der Waals surface area contributed by atoms with Crippen LogP contribution in [0.25, 0.3) is 0 Å². The minimum absolute atomic E-state index is 0.147. The van der Waals surface area contributed by atoms with Gasteiger partial charge in [-0.05, 0) is 11.9 Å². The van der Waals surface area contributed by atoms with Crippen LogP contribution < -0.4 is 0 Å². The van der Waals surface area contributed by atoms with Gasteiger partial charge in [-0.2, -0.15) is 0 Å². The second-order valence-corrected chi connectivity index (χ2v) is 5.31. The largest absolute Gasteiger partial charge is 0.374 e. The average Bonchev–Trinajstić information content (AvgIpc) is 2.15. The molecule has 1 fully saturated rings. The summed E-state index contributed by atoms with van der Waals surface area (Å²) in [7, 11) is 1.59. The summed E-state index contributed by atoms with van der Waals surface area (Å²) in [5.41, 5.74) is 0. The molecule has 0 spiro atoms. The maximum Gasteiger partial charge on any atom is 0.348 e. The molecule has 1 aliphatic heterocycles. The van der Waals surface area contributed by atoms with E-state index in [0.717, 1.165) is 5.82 Å². The van der Waals surface area contributed by atoms with Gasteiger partial charge in [-0.1, -0.05) is 0 Å². The van der Waals surface area contributed by atoms with E-state index in [4.69, 9.17) is 25.4 Å². The summed E-state index contributed by atoms with van der Waals surface area (Å²) in [4.78, 5) is 17.3. The summed E-state index contributed by atoms with van der Waals surface area (Å²) in [5.74, 6) is 0.653. The quantitative estimate of drug-likeness (QED) is 0.457. The lowest BCUT2D eigenvalue weighted by molar-refractivity contribution is 0.00237. The van der Waals surface area contributed by atoms with E-state index >= 15 is 0 Å². The van der Waals surface area contributed by atoms with Gasteiger partial charge in [0.15, 0.2) is 0 Å². The van der Waals surface area contributed by atoms with Gasteiger partial charge in [0.25, 0.3) is 0 Å². The van der Waals surface area contributed by atoms with Gasteiger partial charge in [0.1, 0.15) is 23.0 Å². The molecular weight excluding hydrogens is 333 g/mol. The summed E-state index contributed by atoms with van der Waals surface area (Å²) in [5, 5.41) is 0. The maximum absolute atomic E-state index is 10.6. The SMILES string of the molecule is [B]C1COC(/C=C/P(=O)(O)O)CC1OI. The second kappa shape index (κ2) is 5.79. The molecule has 1 rings (SSSR count). The summed E-state index contributed by atoms with van der Waals surface area (Å²) in [6, 6.07) is 0. The molecule has 15 heavy (non-hydrogen) atoms. The standard InChI is InChI=1S/C7H11BIO5P/c8-6-4-13-5(3-7(6)14-9)1-2-15(10,11)12/h1-2,5-7H,3-4H2,(H2,10,11,12)/b2-1+. The van der Waals surface area contributed by atoms with Crippen molar-refractivity contribution in [3.63, 3.8) is 0 Å². The molecule has 0 aromatic carbocycles. The highest BCUT2D eigenvalue weighted by atomic mass is 127. The highest BCUT2D eigenvalue weighted by Crippen LogP contribution is 2.37. The van der Waals surface area contributed by atoms with Crippen molar-refractivity contribution in [2.75, 3.05) is 6.61 Å². The summed E-state index contributed by atoms with van der Waals surface area (Å²) in [6.45, 7) is 0.323. The smallest absolute Gasteiger partial charge is 0.348 e. The van der Waals surface area contributed by atoms with Crippen LogP contribution in [0.4, 0.5) is 0 Å². The first-order valence-electron chi connectivity index (χ1n) is 4.31. The van der Waals surface area contributed by atoms with Crippen molar-refractivity contribution >= 4 is 38.4 Å². The highest BCUT2D eigenvalue weighted by molar-refractivity contribution is 14.1. The van der Waals surface area contributed by atoms with E-state index in [2.05, 4.69) is 0 Å². The Hall–Kier alpha value is 0.605. The lowest BCUT2D eigenvalue weighted by atomic mass is 9.79. The predicted molar refractivity (Wildman–Crippen MR) is 63.9 cm³/mol. The molecule has 0 amide bonds. The molecule has 0 aromatic rings. The summed E-state index contributed by atoms with van der Waals surface area (Å²) >= 11 is 1.76. The molecule has 0 bridgehead atoms. The van der Waals surface area contributed by atoms with Crippen LogP contribution in [0.5, 0.6) is 0 Å². The fourth-order valence-electron chi connectivity index (χ4n) is 1.26. The van der Waals surface area contributed by atoms with Crippen molar-refractivity contribution in [2.45, 2.75) is 24.4 Å². The first-order valence-corrected chi connectivity index (χ1v) is 6.88. The van der Waals surface area contributed by atoms with Crippen molar-refractivity contribution in [1.82, 2.24) is 0 Å². The topological polar surface area (TPSA) is 76.0 Å². The van der Waals surface area contributed by atoms with E-state index in [-0.39, 0.29) is 18.0 Å². The molecule has 8 heteroatoms. The zero-order chi connectivity index (χ0) is 11.5. The predicted octanol–water partition coefficient (Wildman–Crippen LogP) is 1.16. The van der Waals surface area contributed by atoms with E-state index in [9.17, 15) is 4.57 Å². The Kier molecular flexibility index (Phi) is 5.28. The van der Waals surface area contributed by atoms with Crippen LogP contribution in [0.3, 0.4) is 0 Å². The maximum atomic E-state index is 10.6. The van der Waals surface area contributed by atoms with E-state index in [1.165, 1.54) is 6.08 Å². The van der Waals surface area contributed by atoms with Gasteiger partial charge >= 0.3 is 7.60 Å². The minimum Gasteiger partial charge on any atom is -0.374 e. The molecule has 84 valence electrons. The van der Waals surface area contributed by atoms with E-state index in [1.807, 2.05) is 0 Å². The lowest BCUT2D eigenvalue weighted by Crippen LogP contribution is -2.33. The van der Waals surface area contributed by atoms with Crippen LogP contribution in [-0.4, -0.2) is 36.4 Å². The zero-order valence-corrected chi connectivity index (χ0v) is 10.9. The Bertz CT molecular complexity index is 281. The Labute approximate surface area is 103 Å². The molecule has 1 aliphatic rings. The molecule has 3 atom stereocenters. The Morgan fingerprint density at radius 1 is 1.60 bits per heavy atom. The number of hydrogen-bond donors (Lipinski definition) is 2. The third-order valence-electron chi connectivity index (χ3n) is 2.05. The molecular formula is C7H11BIO5P. The van der Waals surface area contributed by atoms with Crippen molar-refractivity contribution < 1.29 is 22.2 Å². The molecule has 1 heterocycles. The van der Waals surface area contributed by atoms with Gasteiger partial charge in [0, 0.05) is 18.8 Å². The van der Waals surface area contributed by atoms with Crippen molar-refractivity contribution in [3.8, 4) is 0 Å². The van der Waals surface area contributed by atoms with Crippen LogP contribution in [0, 0.1) is 0 Å². The van der Waals surface area contributed by atoms with Gasteiger partial charge in [-0.3, -0.25) is 4.57 Å². The van der Waals surface area contributed by atoms with Crippen LogP contribution in [0.2, 0.25) is 5.82 Å². The van der Waals surface area contributed by atoms with Crippen LogP contribution in [0.1, 0.15) is 6.42 Å². The Morgan fingerprint density at radius 2 is 2.27 bits per heavy atom. The second-order valence-electron chi connectivity index (χ2n) is 3.33. The number of ether oxygens (including phenoxy) is 1. The van der Waals surface area contributed by atoms with Gasteiger partial charge < -0.3 is 17.6 Å². The number of halogens is 1. The Morgan fingerprint density at radius 3 is 2.80 bits per heavy atom. The van der Waals surface area contributed by atoms with Crippen LogP contribution in [0.15, 0.2) is 11.9 Å². The van der Waals surface area contributed by atoms with Gasteiger partial charge in [0.05, 0.1) is 20.1 Å². The minimum atomic E-state index is -4.11. The number of hydrogen-bond acceptors (Lipinski definition) is 3. The molecule has 0 aromatic heterocycles. The molecule has 1 saturated heterocycles. The third kappa shape index (κ3) is 4.97. The monoisotopic (exact) mass is 344 g/mol. The normalized spacial score (nSPS) is 33.4. The van der Waals surface area contributed by atoms with Crippen molar-refractivity contribution in [2.24, 2.45) is 0 Å². The molecule has 0 aliphatic carbocycles. The third-order valence-corrected chi connectivity index (χ3v) is 3.27.